The van der Waals surface area contributed by atoms with Crippen LogP contribution in [0.4, 0.5) is 0 Å². The Bertz CT molecular complexity index is 822. The van der Waals surface area contributed by atoms with Crippen molar-refractivity contribution in [2.75, 3.05) is 32.8 Å². The third-order valence-electron chi connectivity index (χ3n) is 5.10. The molecule has 154 valence electrons. The summed E-state index contributed by atoms with van der Waals surface area (Å²) in [5, 5.41) is 0.694. The van der Waals surface area contributed by atoms with Gasteiger partial charge in [0.25, 0.3) is 0 Å². The van der Waals surface area contributed by atoms with Crippen LogP contribution in [0.5, 0.6) is 0 Å². The highest BCUT2D eigenvalue weighted by molar-refractivity contribution is 6.32. The van der Waals surface area contributed by atoms with Crippen LogP contribution in [0, 0.1) is 5.92 Å². The van der Waals surface area contributed by atoms with Gasteiger partial charge >= 0.3 is 5.97 Å². The predicted octanol–water partition coefficient (Wildman–Crippen LogP) is 5.02. The van der Waals surface area contributed by atoms with Gasteiger partial charge in [0.2, 0.25) is 0 Å². The van der Waals surface area contributed by atoms with Crippen LogP contribution < -0.4 is 0 Å². The van der Waals surface area contributed by atoms with Gasteiger partial charge in [-0.1, -0.05) is 60.1 Å². The molecule has 1 saturated heterocycles. The number of piperidine rings is 1. The zero-order valence-corrected chi connectivity index (χ0v) is 17.6. The lowest BCUT2D eigenvalue weighted by Crippen LogP contribution is -2.40. The van der Waals surface area contributed by atoms with Crippen molar-refractivity contribution in [3.8, 4) is 0 Å². The topological polar surface area (TPSA) is 38.8 Å². The minimum atomic E-state index is -0.0805. The van der Waals surface area contributed by atoms with E-state index in [2.05, 4.69) is 4.90 Å². The largest absolute Gasteiger partial charge is 0.499 e. The maximum absolute atomic E-state index is 12.0. The van der Waals surface area contributed by atoms with Crippen LogP contribution in [0.2, 0.25) is 5.02 Å². The van der Waals surface area contributed by atoms with Gasteiger partial charge < -0.3 is 9.47 Å². The van der Waals surface area contributed by atoms with Crippen LogP contribution in [0.25, 0.3) is 5.57 Å². The molecule has 1 aliphatic heterocycles. The number of halogens is 1. The molecule has 29 heavy (non-hydrogen) atoms. The molecule has 0 saturated carbocycles. The molecule has 0 amide bonds. The first-order valence-electron chi connectivity index (χ1n) is 10.2. The Morgan fingerprint density at radius 3 is 2.69 bits per heavy atom. The standard InChI is InChI=1S/C24H28ClNO3/c1-2-29-24(27)20-11-8-14-26(17-20)15-16-28-18-22(19-9-4-3-5-10-19)21-12-6-7-13-23(21)25/h3-7,9-10,12-13,18,20H,2,8,11,14-17H2,1H3. The number of likely N-dealkylation sites (tertiary alicyclic amines) is 1. The zero-order valence-electron chi connectivity index (χ0n) is 16.9. The molecule has 0 bridgehead atoms. The number of carbonyl (C=O) groups is 1. The number of nitrogens with zero attached hydrogens (tertiary/aromatic N) is 1. The summed E-state index contributed by atoms with van der Waals surface area (Å²) in [5.41, 5.74) is 2.96. The summed E-state index contributed by atoms with van der Waals surface area (Å²) in [7, 11) is 0. The van der Waals surface area contributed by atoms with Crippen molar-refractivity contribution in [2.45, 2.75) is 19.8 Å². The first-order valence-corrected chi connectivity index (χ1v) is 10.6. The monoisotopic (exact) mass is 413 g/mol. The average Bonchev–Trinajstić information content (AvgIpc) is 2.76. The van der Waals surface area contributed by atoms with Gasteiger partial charge in [0.1, 0.15) is 6.61 Å². The number of carbonyl (C=O) groups excluding carboxylic acids is 1. The lowest BCUT2D eigenvalue weighted by atomic mass is 9.98. The Hall–Kier alpha value is -2.30. The highest BCUT2D eigenvalue weighted by atomic mass is 35.5. The quantitative estimate of drug-likeness (QED) is 0.346. The van der Waals surface area contributed by atoms with Crippen molar-refractivity contribution in [1.29, 1.82) is 0 Å². The molecule has 1 fully saturated rings. The van der Waals surface area contributed by atoms with E-state index in [1.54, 1.807) is 6.26 Å². The number of ether oxygens (including phenoxy) is 2. The third kappa shape index (κ3) is 6.09. The molecule has 0 N–H and O–H groups in total. The van der Waals surface area contributed by atoms with E-state index < -0.39 is 0 Å². The lowest BCUT2D eigenvalue weighted by Gasteiger charge is -2.31. The van der Waals surface area contributed by atoms with Crippen molar-refractivity contribution in [2.24, 2.45) is 5.92 Å². The molecular formula is C24H28ClNO3. The highest BCUT2D eigenvalue weighted by Gasteiger charge is 2.26. The fourth-order valence-electron chi connectivity index (χ4n) is 3.62. The maximum Gasteiger partial charge on any atom is 0.310 e. The fraction of sp³-hybridized carbons (Fsp3) is 0.375. The summed E-state index contributed by atoms with van der Waals surface area (Å²) in [6.07, 6.45) is 3.71. The number of benzene rings is 2. The van der Waals surface area contributed by atoms with Crippen LogP contribution in [-0.4, -0.2) is 43.7 Å². The average molecular weight is 414 g/mol. The maximum atomic E-state index is 12.0. The molecule has 1 atom stereocenters. The first-order chi connectivity index (χ1) is 14.2. The zero-order chi connectivity index (χ0) is 20.5. The van der Waals surface area contributed by atoms with Crippen molar-refractivity contribution >= 4 is 23.1 Å². The van der Waals surface area contributed by atoms with Crippen molar-refractivity contribution in [3.05, 3.63) is 77.0 Å². The molecule has 0 aromatic heterocycles. The second kappa shape index (κ2) is 11.0. The summed E-state index contributed by atoms with van der Waals surface area (Å²) in [4.78, 5) is 14.3. The Kier molecular flexibility index (Phi) is 8.14. The minimum Gasteiger partial charge on any atom is -0.499 e. The van der Waals surface area contributed by atoms with Gasteiger partial charge in [0.15, 0.2) is 0 Å². The third-order valence-corrected chi connectivity index (χ3v) is 5.43. The molecule has 0 radical (unpaired) electrons. The smallest absolute Gasteiger partial charge is 0.310 e. The normalized spacial score (nSPS) is 17.7. The van der Waals surface area contributed by atoms with E-state index in [4.69, 9.17) is 21.1 Å². The number of rotatable bonds is 8. The summed E-state index contributed by atoms with van der Waals surface area (Å²) in [5.74, 6) is -0.106. The molecule has 2 aromatic carbocycles. The molecule has 0 spiro atoms. The molecule has 4 nitrogen and oxygen atoms in total. The highest BCUT2D eigenvalue weighted by Crippen LogP contribution is 2.29. The molecule has 3 rings (SSSR count). The van der Waals surface area contributed by atoms with Crippen LogP contribution in [-0.2, 0) is 14.3 Å². The van der Waals surface area contributed by atoms with E-state index >= 15 is 0 Å². The molecule has 1 heterocycles. The second-order valence-electron chi connectivity index (χ2n) is 7.14. The fourth-order valence-corrected chi connectivity index (χ4v) is 3.86. The van der Waals surface area contributed by atoms with E-state index in [1.807, 2.05) is 61.5 Å². The van der Waals surface area contributed by atoms with Gasteiger partial charge in [-0.2, -0.15) is 0 Å². The number of hydrogen-bond acceptors (Lipinski definition) is 4. The van der Waals surface area contributed by atoms with Gasteiger partial charge in [-0.25, -0.2) is 0 Å². The summed E-state index contributed by atoms with van der Waals surface area (Å²) < 4.78 is 11.1. The Morgan fingerprint density at radius 2 is 1.93 bits per heavy atom. The summed E-state index contributed by atoms with van der Waals surface area (Å²) >= 11 is 6.43. The lowest BCUT2D eigenvalue weighted by molar-refractivity contribution is -0.150. The minimum absolute atomic E-state index is 0.0257. The van der Waals surface area contributed by atoms with E-state index in [0.29, 0.717) is 18.2 Å². The van der Waals surface area contributed by atoms with Crippen molar-refractivity contribution < 1.29 is 14.3 Å². The molecule has 1 aliphatic rings. The van der Waals surface area contributed by atoms with Gasteiger partial charge in [-0.3, -0.25) is 9.69 Å². The van der Waals surface area contributed by atoms with E-state index in [0.717, 1.165) is 49.2 Å². The van der Waals surface area contributed by atoms with Gasteiger partial charge in [-0.15, -0.1) is 0 Å². The van der Waals surface area contributed by atoms with Crippen LogP contribution in [0.1, 0.15) is 30.9 Å². The van der Waals surface area contributed by atoms with E-state index in [9.17, 15) is 4.79 Å². The predicted molar refractivity (Wildman–Crippen MR) is 117 cm³/mol. The number of esters is 1. The molecule has 1 unspecified atom stereocenters. The van der Waals surface area contributed by atoms with E-state index in [-0.39, 0.29) is 11.9 Å². The molecular weight excluding hydrogens is 386 g/mol. The Morgan fingerprint density at radius 1 is 1.17 bits per heavy atom. The molecule has 2 aromatic rings. The van der Waals surface area contributed by atoms with Crippen LogP contribution in [0.3, 0.4) is 0 Å². The Labute approximate surface area is 178 Å². The van der Waals surface area contributed by atoms with Crippen LogP contribution in [0.15, 0.2) is 60.9 Å². The van der Waals surface area contributed by atoms with Gasteiger partial charge in [-0.05, 0) is 37.9 Å². The summed E-state index contributed by atoms with van der Waals surface area (Å²) in [6, 6.07) is 17.9. The first kappa shape index (κ1) is 21.4. The van der Waals surface area contributed by atoms with Crippen molar-refractivity contribution in [1.82, 2.24) is 4.90 Å². The van der Waals surface area contributed by atoms with Crippen LogP contribution >= 0.6 is 11.6 Å². The summed E-state index contributed by atoms with van der Waals surface area (Å²) in [6.45, 7) is 5.34. The van der Waals surface area contributed by atoms with Crippen molar-refractivity contribution in [3.63, 3.8) is 0 Å². The number of hydrogen-bond donors (Lipinski definition) is 0. The Balaban J connectivity index is 1.62. The molecule has 0 aliphatic carbocycles. The SMILES string of the molecule is CCOC(=O)C1CCCN(CCOC=C(c2ccccc2)c2ccccc2Cl)C1. The second-order valence-corrected chi connectivity index (χ2v) is 7.55. The van der Waals surface area contributed by atoms with E-state index in [1.165, 1.54) is 0 Å². The molecule has 5 heteroatoms. The van der Waals surface area contributed by atoms with Gasteiger partial charge in [0.05, 0.1) is 18.8 Å². The van der Waals surface area contributed by atoms with Gasteiger partial charge in [0, 0.05) is 29.2 Å².